The van der Waals surface area contributed by atoms with Gasteiger partial charge in [0.2, 0.25) is 0 Å². The number of aromatic nitrogens is 1. The molecule has 46 heavy (non-hydrogen) atoms. The summed E-state index contributed by atoms with van der Waals surface area (Å²) in [5.41, 5.74) is -1.67. The molecule has 1 unspecified atom stereocenters. The average Bonchev–Trinajstić information content (AvgIpc) is 2.82. The molecule has 0 N–H and O–H groups in total. The lowest BCUT2D eigenvalue weighted by atomic mass is 9.98. The smallest absolute Gasteiger partial charge is 0.425 e. The Morgan fingerprint density at radius 1 is 0.826 bits per heavy atom. The van der Waals surface area contributed by atoms with E-state index in [0.29, 0.717) is 22.1 Å². The van der Waals surface area contributed by atoms with Crippen molar-refractivity contribution in [2.24, 2.45) is 0 Å². The van der Waals surface area contributed by atoms with Gasteiger partial charge in [-0.15, -0.1) is 0 Å². The molecule has 9 nitrogen and oxygen atoms in total. The van der Waals surface area contributed by atoms with Crippen LogP contribution in [0.2, 0.25) is 36.3 Å². The van der Waals surface area contributed by atoms with Gasteiger partial charge in [-0.05, 0) is 95.5 Å². The number of rotatable bonds is 8. The lowest BCUT2D eigenvalue weighted by Crippen LogP contribution is -2.45. The number of aldehydes is 1. The predicted molar refractivity (Wildman–Crippen MR) is 186 cm³/mol. The van der Waals surface area contributed by atoms with E-state index in [4.69, 9.17) is 18.3 Å². The van der Waals surface area contributed by atoms with Crippen molar-refractivity contribution in [2.45, 2.75) is 137 Å². The van der Waals surface area contributed by atoms with Crippen LogP contribution in [-0.2, 0) is 18.3 Å². The Bertz CT molecular complexity index is 1420. The molecule has 0 aliphatic heterocycles. The molecule has 12 heteroatoms. The number of fused-ring (bicyclic) bond motifs is 1. The van der Waals surface area contributed by atoms with Gasteiger partial charge in [-0.1, -0.05) is 41.5 Å². The Labute approximate surface area is 276 Å². The first-order valence-electron chi connectivity index (χ1n) is 15.7. The first-order chi connectivity index (χ1) is 20.5. The van der Waals surface area contributed by atoms with E-state index in [0.717, 1.165) is 0 Å². The molecule has 0 fully saturated rings. The number of benzene rings is 1. The number of hydrogen-bond acceptors (Lipinski definition) is 8. The van der Waals surface area contributed by atoms with Crippen LogP contribution in [0.15, 0.2) is 18.3 Å². The number of amides is 2. The predicted octanol–water partition coefficient (Wildman–Crippen LogP) is 9.95. The monoisotopic (exact) mass is 678 g/mol. The molecule has 1 aromatic carbocycles. The lowest BCUT2D eigenvalue weighted by molar-refractivity contribution is 0.0429. The van der Waals surface area contributed by atoms with Gasteiger partial charge in [0, 0.05) is 17.0 Å². The Morgan fingerprint density at radius 3 is 1.72 bits per heavy atom. The Morgan fingerprint density at radius 2 is 1.30 bits per heavy atom. The summed E-state index contributed by atoms with van der Waals surface area (Å²) >= 11 is 0. The van der Waals surface area contributed by atoms with Crippen molar-refractivity contribution in [3.63, 3.8) is 0 Å². The number of hydrogen-bond donors (Lipinski definition) is 0. The highest BCUT2D eigenvalue weighted by atomic mass is 28.4. The van der Waals surface area contributed by atoms with Crippen LogP contribution in [0, 0.1) is 5.82 Å². The largest absolute Gasteiger partial charge is 0.443 e. The number of imide groups is 1. The molecule has 0 radical (unpaired) electrons. The van der Waals surface area contributed by atoms with E-state index in [1.54, 1.807) is 41.5 Å². The minimum atomic E-state index is -2.43. The molecule has 1 atom stereocenters. The number of anilines is 1. The molecule has 1 heterocycles. The maximum absolute atomic E-state index is 15.8. The summed E-state index contributed by atoms with van der Waals surface area (Å²) in [6.45, 7) is 31.4. The number of carbonyl (C=O) groups is 3. The Kier molecular flexibility index (Phi) is 11.5. The maximum Gasteiger partial charge on any atom is 0.425 e. The lowest BCUT2D eigenvalue weighted by Gasteiger charge is -2.42. The quantitative estimate of drug-likeness (QED) is 0.201. The van der Waals surface area contributed by atoms with Crippen molar-refractivity contribution in [3.8, 4) is 0 Å². The van der Waals surface area contributed by atoms with Crippen LogP contribution in [0.3, 0.4) is 0 Å². The number of pyridine rings is 1. The SMILES string of the molecule is CC(C)(C)OC(=O)N(C(=O)OC(C)(C)C)c1cc2c(C=O)c(F)cc(C(CO[Si](C)(C)C(C)(C)C)O[Si](C)(C)C(C)(C)C)c2cn1. The standard InChI is InChI=1S/C34H55FN2O7Si2/c1-31(2,3)42-29(39)37(30(40)43-32(4,5)6)28-18-22-24(19-36-28)23(17-26(35)25(22)20-38)27(44-46(15,16)34(10,11)12)21-41-45(13,14)33(7,8)9/h17-20,27H,21H2,1-16H3. The van der Waals surface area contributed by atoms with Crippen molar-refractivity contribution >= 4 is 51.7 Å². The molecule has 258 valence electrons. The fourth-order valence-corrected chi connectivity index (χ4v) is 6.18. The molecule has 0 saturated heterocycles. The zero-order chi connectivity index (χ0) is 35.8. The molecule has 2 aromatic rings. The summed E-state index contributed by atoms with van der Waals surface area (Å²) in [6.07, 6.45) is -0.915. The summed E-state index contributed by atoms with van der Waals surface area (Å²) in [6, 6.07) is 2.64. The normalized spacial score (nSPS) is 14.2. The Hall–Kier alpha value is -2.68. The maximum atomic E-state index is 15.8. The van der Waals surface area contributed by atoms with E-state index < -0.39 is 51.9 Å². The fourth-order valence-electron chi connectivity index (χ4n) is 3.92. The molecule has 0 aliphatic carbocycles. The van der Waals surface area contributed by atoms with Crippen molar-refractivity contribution < 1.29 is 37.1 Å². The van der Waals surface area contributed by atoms with Gasteiger partial charge < -0.3 is 18.3 Å². The first kappa shape index (κ1) is 39.5. The van der Waals surface area contributed by atoms with E-state index in [-0.39, 0.29) is 33.5 Å². The van der Waals surface area contributed by atoms with Crippen molar-refractivity contribution in [3.05, 3.63) is 35.3 Å². The van der Waals surface area contributed by atoms with E-state index in [9.17, 15) is 14.4 Å². The second-order valence-corrected chi connectivity index (χ2v) is 26.4. The minimum Gasteiger partial charge on any atom is -0.443 e. The minimum absolute atomic E-state index is 0.0769. The molecular formula is C34H55FN2O7Si2. The molecule has 2 rings (SSSR count). The summed E-state index contributed by atoms with van der Waals surface area (Å²) < 4.78 is 40.4. The molecule has 0 spiro atoms. The van der Waals surface area contributed by atoms with Crippen LogP contribution < -0.4 is 4.90 Å². The second kappa shape index (κ2) is 13.4. The fraction of sp³-hybridized carbons (Fsp3) is 0.647. The van der Waals surface area contributed by atoms with Crippen LogP contribution in [0.1, 0.15) is 105 Å². The van der Waals surface area contributed by atoms with Gasteiger partial charge in [0.25, 0.3) is 0 Å². The summed E-state index contributed by atoms with van der Waals surface area (Å²) in [5.74, 6) is -0.957. The zero-order valence-corrected chi connectivity index (χ0v) is 32.7. The highest BCUT2D eigenvalue weighted by molar-refractivity contribution is 6.74. The van der Waals surface area contributed by atoms with Crippen LogP contribution in [0.5, 0.6) is 0 Å². The van der Waals surface area contributed by atoms with Gasteiger partial charge in [-0.3, -0.25) is 4.79 Å². The average molecular weight is 679 g/mol. The highest BCUT2D eigenvalue weighted by Crippen LogP contribution is 2.43. The number of ether oxygens (including phenoxy) is 2. The summed E-state index contributed by atoms with van der Waals surface area (Å²) in [7, 11) is -4.68. The number of nitrogens with zero attached hydrogens (tertiary/aromatic N) is 2. The molecule has 0 aliphatic rings. The topological polar surface area (TPSA) is 104 Å². The third-order valence-corrected chi connectivity index (χ3v) is 17.5. The third kappa shape index (κ3) is 9.68. The van der Waals surface area contributed by atoms with E-state index in [1.807, 2.05) is 0 Å². The van der Waals surface area contributed by atoms with Gasteiger partial charge in [-0.2, -0.15) is 4.90 Å². The van der Waals surface area contributed by atoms with E-state index in [1.165, 1.54) is 18.3 Å². The second-order valence-electron chi connectivity index (χ2n) is 16.8. The first-order valence-corrected chi connectivity index (χ1v) is 21.5. The Balaban J connectivity index is 2.87. The molecule has 0 saturated carbocycles. The van der Waals surface area contributed by atoms with Gasteiger partial charge >= 0.3 is 12.2 Å². The van der Waals surface area contributed by atoms with Crippen molar-refractivity contribution in [1.82, 2.24) is 4.98 Å². The van der Waals surface area contributed by atoms with E-state index >= 15 is 4.39 Å². The van der Waals surface area contributed by atoms with Gasteiger partial charge in [0.15, 0.2) is 22.9 Å². The van der Waals surface area contributed by atoms with Crippen LogP contribution in [-0.4, -0.2) is 57.9 Å². The van der Waals surface area contributed by atoms with Gasteiger partial charge in [0.05, 0.1) is 18.3 Å². The highest BCUT2D eigenvalue weighted by Gasteiger charge is 2.42. The molecule has 2 amide bonds. The van der Waals surface area contributed by atoms with Crippen LogP contribution >= 0.6 is 0 Å². The van der Waals surface area contributed by atoms with E-state index in [2.05, 4.69) is 72.7 Å². The summed E-state index contributed by atoms with van der Waals surface area (Å²) in [4.78, 5) is 44.0. The molecule has 0 bridgehead atoms. The van der Waals surface area contributed by atoms with Gasteiger partial charge in [0.1, 0.15) is 22.8 Å². The molecular weight excluding hydrogens is 624 g/mol. The third-order valence-electron chi connectivity index (χ3n) is 8.52. The van der Waals surface area contributed by atoms with Crippen molar-refractivity contribution in [1.29, 1.82) is 0 Å². The van der Waals surface area contributed by atoms with Crippen LogP contribution in [0.4, 0.5) is 19.8 Å². The number of halogens is 1. The van der Waals surface area contributed by atoms with Crippen molar-refractivity contribution in [2.75, 3.05) is 11.5 Å². The van der Waals surface area contributed by atoms with Crippen LogP contribution in [0.25, 0.3) is 10.8 Å². The van der Waals surface area contributed by atoms with Gasteiger partial charge in [-0.25, -0.2) is 19.0 Å². The summed E-state index contributed by atoms with van der Waals surface area (Å²) in [5, 5.41) is 0.352. The number of carbonyl (C=O) groups excluding carboxylic acids is 3. The molecule has 1 aromatic heterocycles. The zero-order valence-electron chi connectivity index (χ0n) is 30.7.